The van der Waals surface area contributed by atoms with Crippen LogP contribution in [0.25, 0.3) is 10.9 Å². The van der Waals surface area contributed by atoms with E-state index in [2.05, 4.69) is 23.1 Å². The molecular weight excluding hydrogens is 380 g/mol. The first-order chi connectivity index (χ1) is 14.6. The molecule has 2 aromatic heterocycles. The molecule has 0 bridgehead atoms. The van der Waals surface area contributed by atoms with Crippen LogP contribution in [0.1, 0.15) is 55.8 Å². The number of aromatic nitrogens is 3. The first-order valence-corrected chi connectivity index (χ1v) is 10.9. The van der Waals surface area contributed by atoms with Crippen molar-refractivity contribution < 1.29 is 14.1 Å². The average Bonchev–Trinajstić information content (AvgIpc) is 3.43. The van der Waals surface area contributed by atoms with Crippen molar-refractivity contribution in [1.29, 1.82) is 0 Å². The van der Waals surface area contributed by atoms with E-state index in [0.717, 1.165) is 73.6 Å². The number of carbonyl (C=O) groups is 1. The zero-order valence-electron chi connectivity index (χ0n) is 17.4. The summed E-state index contributed by atoms with van der Waals surface area (Å²) in [4.78, 5) is 23.1. The number of piperidine rings is 1. The molecule has 0 aliphatic carbocycles. The third-order valence-electron chi connectivity index (χ3n) is 6.62. The number of benzene rings is 1. The van der Waals surface area contributed by atoms with Crippen molar-refractivity contribution in [2.75, 3.05) is 26.3 Å². The van der Waals surface area contributed by atoms with Gasteiger partial charge in [0.05, 0.1) is 6.42 Å². The molecule has 0 spiro atoms. The number of nitrogens with zero attached hydrogens (tertiary/aromatic N) is 3. The molecule has 2 aliphatic rings. The highest BCUT2D eigenvalue weighted by molar-refractivity contribution is 5.89. The Morgan fingerprint density at radius 1 is 1.30 bits per heavy atom. The Labute approximate surface area is 175 Å². The number of hydrogen-bond donors (Lipinski definition) is 1. The number of aromatic amines is 1. The summed E-state index contributed by atoms with van der Waals surface area (Å²) in [6.07, 6.45) is 6.10. The van der Waals surface area contributed by atoms with Gasteiger partial charge >= 0.3 is 0 Å². The predicted molar refractivity (Wildman–Crippen MR) is 112 cm³/mol. The van der Waals surface area contributed by atoms with Crippen LogP contribution in [0.2, 0.25) is 0 Å². The maximum Gasteiger partial charge on any atom is 0.229 e. The molecule has 2 saturated heterocycles. The highest BCUT2D eigenvalue weighted by Gasteiger charge is 2.39. The second-order valence-corrected chi connectivity index (χ2v) is 8.86. The summed E-state index contributed by atoms with van der Waals surface area (Å²) in [5.74, 6) is 1.89. The molecule has 7 heteroatoms. The highest BCUT2D eigenvalue weighted by atomic mass is 16.5. The molecule has 4 heterocycles. The van der Waals surface area contributed by atoms with Crippen molar-refractivity contribution >= 4 is 16.8 Å². The van der Waals surface area contributed by atoms with E-state index in [-0.39, 0.29) is 17.2 Å². The van der Waals surface area contributed by atoms with Crippen LogP contribution < -0.4 is 0 Å². The van der Waals surface area contributed by atoms with Gasteiger partial charge in [-0.3, -0.25) is 4.79 Å². The minimum absolute atomic E-state index is 0.152. The van der Waals surface area contributed by atoms with E-state index < -0.39 is 0 Å². The predicted octanol–water partition coefficient (Wildman–Crippen LogP) is 3.57. The molecule has 1 N–H and O–H groups in total. The number of fused-ring (bicyclic) bond motifs is 1. The lowest BCUT2D eigenvalue weighted by atomic mass is 9.81. The Bertz CT molecular complexity index is 1040. The number of H-pyrrole nitrogens is 1. The van der Waals surface area contributed by atoms with E-state index in [1.807, 2.05) is 29.3 Å². The third kappa shape index (κ3) is 3.62. The fourth-order valence-corrected chi connectivity index (χ4v) is 4.78. The number of ether oxygens (including phenoxy) is 1. The lowest BCUT2D eigenvalue weighted by molar-refractivity contribution is -0.132. The molecule has 5 rings (SSSR count). The van der Waals surface area contributed by atoms with Crippen LogP contribution in [0, 0.1) is 0 Å². The molecule has 2 fully saturated rings. The number of amides is 1. The largest absolute Gasteiger partial charge is 0.381 e. The van der Waals surface area contributed by atoms with E-state index >= 15 is 0 Å². The fraction of sp³-hybridized carbons (Fsp3) is 0.522. The molecule has 1 amide bonds. The van der Waals surface area contributed by atoms with Crippen LogP contribution in [-0.4, -0.2) is 52.2 Å². The lowest BCUT2D eigenvalue weighted by Crippen LogP contribution is -2.48. The topological polar surface area (TPSA) is 84.2 Å². The average molecular weight is 409 g/mol. The molecule has 0 saturated carbocycles. The van der Waals surface area contributed by atoms with Gasteiger partial charge in [0, 0.05) is 54.7 Å². The zero-order chi connectivity index (χ0) is 20.6. The Kier molecular flexibility index (Phi) is 5.06. The van der Waals surface area contributed by atoms with Gasteiger partial charge in [-0.2, -0.15) is 4.98 Å². The SMILES string of the molecule is CC1(c2noc(C3CCOCC3)n2)CCCN(C(=O)Cc2c[nH]c3ccccc23)C1. The maximum absolute atomic E-state index is 13.1. The standard InChI is InChI=1S/C23H28N4O3/c1-23(22-25-21(30-26-22)16-7-11-29-12-8-16)9-4-10-27(15-23)20(28)13-17-14-24-19-6-3-2-5-18(17)19/h2-3,5-6,14,16,24H,4,7-13,15H2,1H3. The van der Waals surface area contributed by atoms with Crippen LogP contribution in [0.3, 0.4) is 0 Å². The van der Waals surface area contributed by atoms with Crippen LogP contribution in [-0.2, 0) is 21.4 Å². The van der Waals surface area contributed by atoms with Crippen molar-refractivity contribution in [2.24, 2.45) is 0 Å². The summed E-state index contributed by atoms with van der Waals surface area (Å²) in [5, 5.41) is 5.44. The normalized spacial score (nSPS) is 23.2. The summed E-state index contributed by atoms with van der Waals surface area (Å²) < 4.78 is 11.1. The van der Waals surface area contributed by atoms with Crippen LogP contribution in [0.5, 0.6) is 0 Å². The molecule has 1 aromatic carbocycles. The molecule has 1 atom stereocenters. The van der Waals surface area contributed by atoms with Gasteiger partial charge in [-0.15, -0.1) is 0 Å². The smallest absolute Gasteiger partial charge is 0.229 e. The Morgan fingerprint density at radius 3 is 3.00 bits per heavy atom. The fourth-order valence-electron chi connectivity index (χ4n) is 4.78. The van der Waals surface area contributed by atoms with Crippen LogP contribution in [0.4, 0.5) is 0 Å². The summed E-state index contributed by atoms with van der Waals surface area (Å²) in [6, 6.07) is 8.11. The van der Waals surface area contributed by atoms with E-state index in [1.165, 1.54) is 0 Å². The van der Waals surface area contributed by atoms with Gasteiger partial charge in [0.25, 0.3) is 0 Å². The quantitative estimate of drug-likeness (QED) is 0.713. The van der Waals surface area contributed by atoms with Gasteiger partial charge in [-0.25, -0.2) is 0 Å². The molecule has 30 heavy (non-hydrogen) atoms. The van der Waals surface area contributed by atoms with Crippen molar-refractivity contribution in [3.8, 4) is 0 Å². The number of likely N-dealkylation sites (tertiary alicyclic amines) is 1. The highest BCUT2D eigenvalue weighted by Crippen LogP contribution is 2.34. The molecule has 158 valence electrons. The second-order valence-electron chi connectivity index (χ2n) is 8.86. The lowest BCUT2D eigenvalue weighted by Gasteiger charge is -2.38. The van der Waals surface area contributed by atoms with Gasteiger partial charge in [0.2, 0.25) is 11.8 Å². The molecular formula is C23H28N4O3. The minimum Gasteiger partial charge on any atom is -0.381 e. The molecule has 7 nitrogen and oxygen atoms in total. The van der Waals surface area contributed by atoms with Crippen LogP contribution in [0.15, 0.2) is 35.0 Å². The second kappa shape index (κ2) is 7.87. The van der Waals surface area contributed by atoms with Gasteiger partial charge in [0.1, 0.15) is 0 Å². The molecule has 1 unspecified atom stereocenters. The van der Waals surface area contributed by atoms with Crippen molar-refractivity contribution in [3.05, 3.63) is 47.7 Å². The van der Waals surface area contributed by atoms with E-state index in [1.54, 1.807) is 0 Å². The van der Waals surface area contributed by atoms with Gasteiger partial charge in [0.15, 0.2) is 5.82 Å². The van der Waals surface area contributed by atoms with Crippen LogP contribution >= 0.6 is 0 Å². The van der Waals surface area contributed by atoms with E-state index in [4.69, 9.17) is 14.2 Å². The Balaban J connectivity index is 1.30. The zero-order valence-corrected chi connectivity index (χ0v) is 17.4. The molecule has 2 aliphatic heterocycles. The first-order valence-electron chi connectivity index (χ1n) is 10.9. The monoisotopic (exact) mass is 408 g/mol. The maximum atomic E-state index is 13.1. The summed E-state index contributed by atoms with van der Waals surface area (Å²) in [6.45, 7) is 5.05. The number of carbonyl (C=O) groups excluding carboxylic acids is 1. The summed E-state index contributed by atoms with van der Waals surface area (Å²) in [5.41, 5.74) is 1.83. The van der Waals surface area contributed by atoms with Crippen molar-refractivity contribution in [2.45, 2.75) is 50.4 Å². The van der Waals surface area contributed by atoms with Gasteiger partial charge in [-0.05, 0) is 37.3 Å². The van der Waals surface area contributed by atoms with Crippen molar-refractivity contribution in [3.63, 3.8) is 0 Å². The summed E-state index contributed by atoms with van der Waals surface area (Å²) in [7, 11) is 0. The Morgan fingerprint density at radius 2 is 2.13 bits per heavy atom. The van der Waals surface area contributed by atoms with E-state index in [9.17, 15) is 4.79 Å². The molecule has 0 radical (unpaired) electrons. The van der Waals surface area contributed by atoms with Gasteiger partial charge < -0.3 is 19.1 Å². The minimum atomic E-state index is -0.277. The first kappa shape index (κ1) is 19.3. The number of hydrogen-bond acceptors (Lipinski definition) is 5. The Hall–Kier alpha value is -2.67. The number of nitrogens with one attached hydrogen (secondary N) is 1. The van der Waals surface area contributed by atoms with Gasteiger partial charge in [-0.1, -0.05) is 30.3 Å². The molecule has 3 aromatic rings. The number of para-hydroxylation sites is 1. The third-order valence-corrected chi connectivity index (χ3v) is 6.62. The van der Waals surface area contributed by atoms with E-state index in [0.29, 0.717) is 13.0 Å². The number of rotatable bonds is 4. The van der Waals surface area contributed by atoms with Crippen molar-refractivity contribution in [1.82, 2.24) is 20.0 Å². The summed E-state index contributed by atoms with van der Waals surface area (Å²) >= 11 is 0.